The molecule has 1 fully saturated rings. The maximum absolute atomic E-state index is 13.6. The Morgan fingerprint density at radius 2 is 1.66 bits per heavy atom. The summed E-state index contributed by atoms with van der Waals surface area (Å²) in [5.41, 5.74) is 3.97. The zero-order valence-corrected chi connectivity index (χ0v) is 24.6. The Morgan fingerprint density at radius 1 is 0.977 bits per heavy atom. The molecule has 228 valence electrons. The van der Waals surface area contributed by atoms with Gasteiger partial charge in [-0.1, -0.05) is 54.6 Å². The van der Waals surface area contributed by atoms with E-state index in [1.165, 1.54) is 23.3 Å². The topological polar surface area (TPSA) is 92.7 Å². The second-order valence-electron chi connectivity index (χ2n) is 10.4. The number of thiazole rings is 1. The molecule has 0 N–H and O–H groups in total. The van der Waals surface area contributed by atoms with Gasteiger partial charge in [0.1, 0.15) is 5.82 Å². The lowest BCUT2D eigenvalue weighted by Crippen LogP contribution is -2.36. The first kappa shape index (κ1) is 30.9. The van der Waals surface area contributed by atoms with Gasteiger partial charge in [-0.2, -0.15) is 13.2 Å². The molecule has 1 aliphatic heterocycles. The van der Waals surface area contributed by atoms with Gasteiger partial charge in [-0.15, -0.1) is 11.3 Å². The van der Waals surface area contributed by atoms with Crippen molar-refractivity contribution in [2.24, 2.45) is 5.92 Å². The number of amides is 1. The third kappa shape index (κ3) is 7.31. The lowest BCUT2D eigenvalue weighted by Gasteiger charge is -2.21. The zero-order chi connectivity index (χ0) is 31.3. The molecule has 0 aliphatic carbocycles. The van der Waals surface area contributed by atoms with E-state index >= 15 is 0 Å². The van der Waals surface area contributed by atoms with Gasteiger partial charge in [0, 0.05) is 42.8 Å². The van der Waals surface area contributed by atoms with E-state index in [0.717, 1.165) is 48.4 Å². The third-order valence-electron chi connectivity index (χ3n) is 7.33. The van der Waals surface area contributed by atoms with Crippen molar-refractivity contribution in [1.82, 2.24) is 9.97 Å². The Morgan fingerprint density at radius 3 is 2.32 bits per heavy atom. The van der Waals surface area contributed by atoms with E-state index < -0.39 is 36.4 Å². The number of hydrogen-bond donors (Lipinski definition) is 0. The summed E-state index contributed by atoms with van der Waals surface area (Å²) in [6.45, 7) is 1.99. The highest BCUT2D eigenvalue weighted by atomic mass is 32.1. The smallest absolute Gasteiger partial charge is 0.386 e. The van der Waals surface area contributed by atoms with Crippen LogP contribution in [0.25, 0.3) is 22.4 Å². The van der Waals surface area contributed by atoms with Gasteiger partial charge >= 0.3 is 18.1 Å². The molecule has 0 saturated carbocycles. The van der Waals surface area contributed by atoms with E-state index in [1.807, 2.05) is 48.0 Å². The van der Waals surface area contributed by atoms with Crippen LogP contribution in [0.5, 0.6) is 0 Å². The van der Waals surface area contributed by atoms with Gasteiger partial charge in [-0.3, -0.25) is 14.5 Å². The summed E-state index contributed by atoms with van der Waals surface area (Å²) in [4.78, 5) is 50.0. The Kier molecular flexibility index (Phi) is 9.38. The molecule has 2 aromatic carbocycles. The van der Waals surface area contributed by atoms with Crippen LogP contribution in [0, 0.1) is 5.92 Å². The number of alkyl halides is 3. The van der Waals surface area contributed by atoms with Gasteiger partial charge in [0.25, 0.3) is 0 Å². The van der Waals surface area contributed by atoms with Gasteiger partial charge in [-0.05, 0) is 42.5 Å². The number of rotatable bonds is 9. The van der Waals surface area contributed by atoms with Crippen LogP contribution in [-0.4, -0.2) is 54.1 Å². The van der Waals surface area contributed by atoms with Crippen LogP contribution in [0.3, 0.4) is 0 Å². The molecule has 3 heterocycles. The molecular formula is C32H29F3N4O4S. The molecule has 1 saturated heterocycles. The molecule has 1 amide bonds. The number of aromatic nitrogens is 2. The zero-order valence-electron chi connectivity index (χ0n) is 23.8. The van der Waals surface area contributed by atoms with Crippen LogP contribution in [0.2, 0.25) is 0 Å². The minimum Gasteiger partial charge on any atom is -0.386 e. The average Bonchev–Trinajstić information content (AvgIpc) is 3.74. The Balaban J connectivity index is 1.35. The maximum atomic E-state index is 13.6. The van der Waals surface area contributed by atoms with Crippen molar-refractivity contribution in [2.75, 3.05) is 29.9 Å². The second-order valence-corrected chi connectivity index (χ2v) is 11.2. The standard InChI is InChI=1S/C32H29F3N4O4S/c1-38(29(41)23(17-21-9-3-2-4-10-21)18-28(40)43-30(42)32(33,34)35)31-37-26(20-44-31)25-12-6-5-11-24(25)22-13-14-27(36-19-22)39-15-7-8-16-39/h2-6,9-14,19-20,23H,7-8,15-18H2,1H3. The molecule has 1 aliphatic rings. The maximum Gasteiger partial charge on any atom is 0.491 e. The molecule has 8 nitrogen and oxygen atoms in total. The highest BCUT2D eigenvalue weighted by molar-refractivity contribution is 7.14. The largest absolute Gasteiger partial charge is 0.491 e. The number of nitrogens with zero attached hydrogens (tertiary/aromatic N) is 4. The summed E-state index contributed by atoms with van der Waals surface area (Å²) in [5, 5.41) is 2.15. The fourth-order valence-corrected chi connectivity index (χ4v) is 5.89. The first-order valence-electron chi connectivity index (χ1n) is 14.0. The van der Waals surface area contributed by atoms with Gasteiger partial charge in [0.15, 0.2) is 5.13 Å². The summed E-state index contributed by atoms with van der Waals surface area (Å²) in [6.07, 6.45) is -1.85. The van der Waals surface area contributed by atoms with E-state index in [2.05, 4.69) is 14.6 Å². The first-order valence-corrected chi connectivity index (χ1v) is 14.9. The minimum absolute atomic E-state index is 0.0425. The van der Waals surface area contributed by atoms with Crippen LogP contribution < -0.4 is 9.80 Å². The summed E-state index contributed by atoms with van der Waals surface area (Å²) in [5.74, 6) is -4.77. The summed E-state index contributed by atoms with van der Waals surface area (Å²) in [7, 11) is 1.49. The highest BCUT2D eigenvalue weighted by Crippen LogP contribution is 2.35. The van der Waals surface area contributed by atoms with Crippen LogP contribution >= 0.6 is 11.3 Å². The lowest BCUT2D eigenvalue weighted by atomic mass is 9.95. The number of halogens is 3. The van der Waals surface area contributed by atoms with E-state index in [1.54, 1.807) is 30.3 Å². The fraction of sp³-hybridized carbons (Fsp3) is 0.281. The monoisotopic (exact) mass is 622 g/mol. The minimum atomic E-state index is -5.33. The molecule has 2 aromatic heterocycles. The molecule has 12 heteroatoms. The molecule has 4 aromatic rings. The van der Waals surface area contributed by atoms with Crippen molar-refractivity contribution in [3.63, 3.8) is 0 Å². The number of anilines is 2. The molecule has 1 atom stereocenters. The number of esters is 2. The van der Waals surface area contributed by atoms with Crippen molar-refractivity contribution in [2.45, 2.75) is 31.9 Å². The Bertz CT molecular complexity index is 1620. The molecular weight excluding hydrogens is 593 g/mol. The quantitative estimate of drug-likeness (QED) is 0.159. The molecule has 1 unspecified atom stereocenters. The van der Waals surface area contributed by atoms with Gasteiger partial charge in [-0.25, -0.2) is 14.8 Å². The summed E-state index contributed by atoms with van der Waals surface area (Å²) >= 11 is 1.21. The van der Waals surface area contributed by atoms with Gasteiger partial charge < -0.3 is 9.64 Å². The average molecular weight is 623 g/mol. The lowest BCUT2D eigenvalue weighted by molar-refractivity contribution is -0.202. The normalized spacial score (nSPS) is 13.9. The molecule has 5 rings (SSSR count). The molecule has 0 radical (unpaired) electrons. The SMILES string of the molecule is CN(C(=O)C(CC(=O)OC(=O)C(F)(F)F)Cc1ccccc1)c1nc(-c2ccccc2-c2ccc(N3CCCC3)nc2)cs1. The number of benzene rings is 2. The van der Waals surface area contributed by atoms with E-state index in [-0.39, 0.29) is 6.42 Å². The van der Waals surface area contributed by atoms with Gasteiger partial charge in [0.05, 0.1) is 18.0 Å². The van der Waals surface area contributed by atoms with Crippen molar-refractivity contribution in [1.29, 1.82) is 0 Å². The highest BCUT2D eigenvalue weighted by Gasteiger charge is 2.43. The van der Waals surface area contributed by atoms with Crippen molar-refractivity contribution >= 4 is 40.1 Å². The number of hydrogen-bond acceptors (Lipinski definition) is 8. The van der Waals surface area contributed by atoms with Crippen molar-refractivity contribution in [3.05, 3.63) is 83.9 Å². The third-order valence-corrected chi connectivity index (χ3v) is 8.24. The van der Waals surface area contributed by atoms with E-state index in [9.17, 15) is 27.6 Å². The summed E-state index contributed by atoms with van der Waals surface area (Å²) < 4.78 is 41.9. The van der Waals surface area contributed by atoms with Crippen molar-refractivity contribution in [3.8, 4) is 22.4 Å². The molecule has 0 spiro atoms. The van der Waals surface area contributed by atoms with Gasteiger partial charge in [0.2, 0.25) is 5.91 Å². The number of carbonyl (C=O) groups is 3. The van der Waals surface area contributed by atoms with Crippen molar-refractivity contribution < 1.29 is 32.3 Å². The fourth-order valence-electron chi connectivity index (χ4n) is 5.10. The van der Waals surface area contributed by atoms with Crippen LogP contribution in [0.4, 0.5) is 24.1 Å². The Hall–Kier alpha value is -4.58. The number of ether oxygens (including phenoxy) is 1. The predicted molar refractivity (Wildman–Crippen MR) is 161 cm³/mol. The number of carbonyl (C=O) groups excluding carboxylic acids is 3. The predicted octanol–water partition coefficient (Wildman–Crippen LogP) is 6.32. The molecule has 44 heavy (non-hydrogen) atoms. The number of pyridine rings is 1. The van der Waals surface area contributed by atoms with Crippen LogP contribution in [0.15, 0.2) is 78.3 Å². The first-order chi connectivity index (χ1) is 21.1. The van der Waals surface area contributed by atoms with Crippen LogP contribution in [0.1, 0.15) is 24.8 Å². The van der Waals surface area contributed by atoms with Crippen LogP contribution in [-0.2, 0) is 25.5 Å². The Labute approximate surface area is 256 Å². The molecule has 0 bridgehead atoms. The van der Waals surface area contributed by atoms with E-state index in [0.29, 0.717) is 16.4 Å². The second kappa shape index (κ2) is 13.4. The van der Waals surface area contributed by atoms with E-state index in [4.69, 9.17) is 4.98 Å². The summed E-state index contributed by atoms with van der Waals surface area (Å²) in [6, 6.07) is 20.5.